The maximum absolute atomic E-state index is 11.2. The van der Waals surface area contributed by atoms with Gasteiger partial charge in [-0.2, -0.15) is 0 Å². The van der Waals surface area contributed by atoms with Crippen molar-refractivity contribution in [2.75, 3.05) is 11.9 Å². The Bertz CT molecular complexity index is 359. The number of amides is 2. The van der Waals surface area contributed by atoms with Gasteiger partial charge in [0.25, 0.3) is 0 Å². The van der Waals surface area contributed by atoms with Crippen molar-refractivity contribution in [2.45, 2.75) is 6.92 Å². The molecule has 5 heteroatoms. The maximum atomic E-state index is 11.2. The molecule has 0 spiro atoms. The average molecular weight is 207 g/mol. The van der Waals surface area contributed by atoms with E-state index in [9.17, 15) is 9.59 Å². The van der Waals surface area contributed by atoms with E-state index in [-0.39, 0.29) is 0 Å². The van der Waals surface area contributed by atoms with Crippen LogP contribution >= 0.6 is 0 Å². The predicted molar refractivity (Wildman–Crippen MR) is 54.5 cm³/mol. The minimum atomic E-state index is -0.890. The molecule has 1 aromatic rings. The normalized spacial score (nSPS) is 9.40. The molecule has 0 aliphatic heterocycles. The lowest BCUT2D eigenvalue weighted by atomic mass is 10.2. The number of carbonyl (C=O) groups is 2. The number of urea groups is 1. The van der Waals surface area contributed by atoms with Crippen molar-refractivity contribution in [1.82, 2.24) is 5.73 Å². The van der Waals surface area contributed by atoms with E-state index in [1.807, 2.05) is 0 Å². The summed E-state index contributed by atoms with van der Waals surface area (Å²) in [7, 11) is 0. The first-order valence-corrected chi connectivity index (χ1v) is 4.43. The number of rotatable bonds is 3. The lowest BCUT2D eigenvalue weighted by molar-refractivity contribution is 0.0526. The van der Waals surface area contributed by atoms with Crippen LogP contribution in [-0.2, 0) is 4.74 Å². The number of hydrogen-bond donors (Lipinski definition) is 1. The molecule has 5 nitrogen and oxygen atoms in total. The van der Waals surface area contributed by atoms with Crippen molar-refractivity contribution in [3.05, 3.63) is 29.8 Å². The average Bonchev–Trinajstić information content (AvgIpc) is 2.18. The van der Waals surface area contributed by atoms with Crippen LogP contribution in [0.2, 0.25) is 0 Å². The van der Waals surface area contributed by atoms with E-state index in [0.717, 1.165) is 0 Å². The molecule has 0 saturated carbocycles. The topological polar surface area (TPSA) is 79.2 Å². The molecule has 0 aromatic heterocycles. The van der Waals surface area contributed by atoms with Crippen molar-refractivity contribution in [3.8, 4) is 0 Å². The van der Waals surface area contributed by atoms with Crippen molar-refractivity contribution in [3.63, 3.8) is 0 Å². The van der Waals surface area contributed by atoms with Crippen molar-refractivity contribution in [1.29, 1.82) is 0 Å². The lowest BCUT2D eigenvalue weighted by Gasteiger charge is -2.03. The Morgan fingerprint density at radius 3 is 2.40 bits per heavy atom. The van der Waals surface area contributed by atoms with Crippen LogP contribution in [0.1, 0.15) is 17.3 Å². The number of ether oxygens (including phenoxy) is 1. The zero-order valence-electron chi connectivity index (χ0n) is 8.24. The summed E-state index contributed by atoms with van der Waals surface area (Å²) >= 11 is 0. The zero-order chi connectivity index (χ0) is 11.3. The predicted octanol–water partition coefficient (Wildman–Crippen LogP) is 1.68. The Labute approximate surface area is 87.2 Å². The van der Waals surface area contributed by atoms with Gasteiger partial charge in [-0.3, -0.25) is 0 Å². The molecule has 2 amide bonds. The van der Waals surface area contributed by atoms with Gasteiger partial charge in [-0.25, -0.2) is 15.3 Å². The van der Waals surface area contributed by atoms with E-state index >= 15 is 0 Å². The molecule has 0 saturated heterocycles. The standard InChI is InChI=1S/C10H11N2O3/c1-2-15-9(13)7-3-5-8(6-4-7)12-10(11)14/h3-6,11H,2H2,1H3,(H,12,14). The van der Waals surface area contributed by atoms with Gasteiger partial charge in [-0.15, -0.1) is 0 Å². The number of nitrogens with one attached hydrogen (secondary N) is 2. The molecule has 1 rings (SSSR count). The fraction of sp³-hybridized carbons (Fsp3) is 0.200. The van der Waals surface area contributed by atoms with Crippen LogP contribution in [0.4, 0.5) is 10.5 Å². The summed E-state index contributed by atoms with van der Waals surface area (Å²) in [5, 5.41) is 2.28. The number of benzene rings is 1. The molecule has 0 fully saturated rings. The van der Waals surface area contributed by atoms with Crippen molar-refractivity contribution in [2.24, 2.45) is 0 Å². The highest BCUT2D eigenvalue weighted by atomic mass is 16.5. The SMILES string of the molecule is CCOC(=O)c1ccc(NC([NH])=O)cc1. The van der Waals surface area contributed by atoms with E-state index in [0.29, 0.717) is 17.9 Å². The second-order valence-electron chi connectivity index (χ2n) is 2.75. The van der Waals surface area contributed by atoms with Gasteiger partial charge < -0.3 is 10.1 Å². The Hall–Kier alpha value is -2.04. The molecule has 1 radical (unpaired) electrons. The van der Waals surface area contributed by atoms with Crippen molar-refractivity contribution < 1.29 is 14.3 Å². The molecule has 0 aliphatic rings. The van der Waals surface area contributed by atoms with Gasteiger partial charge in [-0.05, 0) is 31.2 Å². The molecule has 0 aliphatic carbocycles. The van der Waals surface area contributed by atoms with Crippen LogP contribution in [0.25, 0.3) is 0 Å². The smallest absolute Gasteiger partial charge is 0.338 e. The Morgan fingerprint density at radius 2 is 1.93 bits per heavy atom. The summed E-state index contributed by atoms with van der Waals surface area (Å²) in [4.78, 5) is 21.6. The van der Waals surface area contributed by atoms with E-state index in [2.05, 4.69) is 5.32 Å². The minimum Gasteiger partial charge on any atom is -0.462 e. The summed E-state index contributed by atoms with van der Waals surface area (Å²) in [6, 6.07) is 5.25. The third kappa shape index (κ3) is 3.30. The highest BCUT2D eigenvalue weighted by Gasteiger charge is 2.05. The lowest BCUT2D eigenvalue weighted by Crippen LogP contribution is -2.10. The van der Waals surface area contributed by atoms with Gasteiger partial charge in [0.15, 0.2) is 0 Å². The maximum Gasteiger partial charge on any atom is 0.338 e. The van der Waals surface area contributed by atoms with E-state index in [1.54, 1.807) is 19.1 Å². The minimum absolute atomic E-state index is 0.323. The van der Waals surface area contributed by atoms with Crippen LogP contribution < -0.4 is 11.1 Å². The van der Waals surface area contributed by atoms with Gasteiger partial charge >= 0.3 is 12.0 Å². The molecule has 0 unspecified atom stereocenters. The molecule has 0 bridgehead atoms. The molecular formula is C10H11N2O3. The molecule has 2 N–H and O–H groups in total. The first-order chi connectivity index (χ1) is 7.13. The number of carbonyl (C=O) groups excluding carboxylic acids is 2. The second-order valence-corrected chi connectivity index (χ2v) is 2.75. The van der Waals surface area contributed by atoms with Gasteiger partial charge in [0.1, 0.15) is 0 Å². The highest BCUT2D eigenvalue weighted by molar-refractivity contribution is 5.91. The number of esters is 1. The monoisotopic (exact) mass is 207 g/mol. The first-order valence-electron chi connectivity index (χ1n) is 4.43. The third-order valence-electron chi connectivity index (χ3n) is 1.65. The van der Waals surface area contributed by atoms with Gasteiger partial charge in [-0.1, -0.05) is 0 Å². The number of anilines is 1. The summed E-state index contributed by atoms with van der Waals surface area (Å²) in [5.41, 5.74) is 7.57. The molecule has 0 atom stereocenters. The van der Waals surface area contributed by atoms with E-state index < -0.39 is 12.0 Å². The second kappa shape index (κ2) is 4.99. The highest BCUT2D eigenvalue weighted by Crippen LogP contribution is 2.10. The fourth-order valence-electron chi connectivity index (χ4n) is 1.04. The largest absolute Gasteiger partial charge is 0.462 e. The van der Waals surface area contributed by atoms with E-state index in [1.165, 1.54) is 12.1 Å². The van der Waals surface area contributed by atoms with Gasteiger partial charge in [0.2, 0.25) is 0 Å². The molecular weight excluding hydrogens is 196 g/mol. The summed E-state index contributed by atoms with van der Waals surface area (Å²) < 4.78 is 4.79. The molecule has 1 aromatic carbocycles. The summed E-state index contributed by atoms with van der Waals surface area (Å²) in [6.07, 6.45) is 0. The summed E-state index contributed by atoms with van der Waals surface area (Å²) in [5.74, 6) is -0.402. The first kappa shape index (κ1) is 11.0. The van der Waals surface area contributed by atoms with E-state index in [4.69, 9.17) is 10.5 Å². The van der Waals surface area contributed by atoms with Crippen molar-refractivity contribution >= 4 is 17.7 Å². The third-order valence-corrected chi connectivity index (χ3v) is 1.65. The molecule has 79 valence electrons. The molecule has 15 heavy (non-hydrogen) atoms. The quantitative estimate of drug-likeness (QED) is 0.765. The van der Waals surface area contributed by atoms with Crippen LogP contribution in [0, 0.1) is 0 Å². The zero-order valence-corrected chi connectivity index (χ0v) is 8.24. The Balaban J connectivity index is 2.71. The number of hydrogen-bond acceptors (Lipinski definition) is 3. The van der Waals surface area contributed by atoms with Crippen LogP contribution in [0.5, 0.6) is 0 Å². The molecule has 0 heterocycles. The summed E-state index contributed by atoms with van der Waals surface area (Å²) in [6.45, 7) is 2.05. The van der Waals surface area contributed by atoms with Gasteiger partial charge in [0.05, 0.1) is 12.2 Å². The van der Waals surface area contributed by atoms with Crippen LogP contribution in [0.15, 0.2) is 24.3 Å². The Kier molecular flexibility index (Phi) is 3.68. The van der Waals surface area contributed by atoms with Crippen LogP contribution in [0.3, 0.4) is 0 Å². The fourth-order valence-corrected chi connectivity index (χ4v) is 1.04. The van der Waals surface area contributed by atoms with Gasteiger partial charge in [0, 0.05) is 5.69 Å². The Morgan fingerprint density at radius 1 is 1.33 bits per heavy atom. The van der Waals surface area contributed by atoms with Crippen LogP contribution in [-0.4, -0.2) is 18.6 Å².